The van der Waals surface area contributed by atoms with Crippen LogP contribution in [0, 0.1) is 6.92 Å². The number of hydrogen-bond donors (Lipinski definition) is 1. The molecule has 0 aliphatic heterocycles. The zero-order valence-corrected chi connectivity index (χ0v) is 10.00. The number of nitrogen functional groups attached to an aromatic ring is 1. The van der Waals surface area contributed by atoms with Gasteiger partial charge in [0.15, 0.2) is 5.82 Å². The first-order valence-corrected chi connectivity index (χ1v) is 5.72. The predicted octanol–water partition coefficient (Wildman–Crippen LogP) is 1.55. The van der Waals surface area contributed by atoms with Crippen molar-refractivity contribution in [3.63, 3.8) is 0 Å². The maximum absolute atomic E-state index is 5.72. The number of fused-ring (bicyclic) bond motifs is 1. The fourth-order valence-electron chi connectivity index (χ4n) is 1.92. The molecule has 0 spiro atoms. The summed E-state index contributed by atoms with van der Waals surface area (Å²) in [7, 11) is 0. The second kappa shape index (κ2) is 4.14. The lowest BCUT2D eigenvalue weighted by molar-refractivity contribution is 0.386. The largest absolute Gasteiger partial charge is 0.399 e. The van der Waals surface area contributed by atoms with E-state index < -0.39 is 0 Å². The van der Waals surface area contributed by atoms with E-state index in [2.05, 4.69) is 19.7 Å². The van der Waals surface area contributed by atoms with Crippen LogP contribution in [0.25, 0.3) is 11.0 Å². The molecule has 0 bridgehead atoms. The molecule has 3 aromatic rings. The lowest BCUT2D eigenvalue weighted by Gasteiger charge is -2.01. The molecule has 18 heavy (non-hydrogen) atoms. The lowest BCUT2D eigenvalue weighted by Crippen LogP contribution is -2.01. The Bertz CT molecular complexity index is 685. The highest BCUT2D eigenvalue weighted by molar-refractivity contribution is 5.78. The van der Waals surface area contributed by atoms with Crippen molar-refractivity contribution in [2.24, 2.45) is 0 Å². The molecule has 6 nitrogen and oxygen atoms in total. The van der Waals surface area contributed by atoms with Crippen LogP contribution in [0.5, 0.6) is 0 Å². The number of nitrogens with zero attached hydrogens (tertiary/aromatic N) is 4. The van der Waals surface area contributed by atoms with Gasteiger partial charge in [0.1, 0.15) is 0 Å². The molecule has 2 heterocycles. The molecule has 1 aromatic carbocycles. The van der Waals surface area contributed by atoms with Gasteiger partial charge >= 0.3 is 0 Å². The van der Waals surface area contributed by atoms with Crippen molar-refractivity contribution in [3.8, 4) is 0 Å². The smallest absolute Gasteiger partial charge is 0.223 e. The zero-order valence-electron chi connectivity index (χ0n) is 10.00. The van der Waals surface area contributed by atoms with E-state index in [1.54, 1.807) is 13.3 Å². The fraction of sp³-hybridized carbons (Fsp3) is 0.250. The van der Waals surface area contributed by atoms with Gasteiger partial charge in [-0.15, -0.1) is 0 Å². The summed E-state index contributed by atoms with van der Waals surface area (Å²) in [6, 6.07) is 5.71. The quantitative estimate of drug-likeness (QED) is 0.706. The van der Waals surface area contributed by atoms with Crippen molar-refractivity contribution in [3.05, 3.63) is 36.2 Å². The van der Waals surface area contributed by atoms with Crippen LogP contribution in [-0.4, -0.2) is 19.7 Å². The maximum Gasteiger partial charge on any atom is 0.223 e. The molecule has 0 aliphatic rings. The molecule has 92 valence electrons. The molecule has 3 rings (SSSR count). The van der Waals surface area contributed by atoms with Gasteiger partial charge in [0.05, 0.1) is 17.4 Å². The Morgan fingerprint density at radius 1 is 1.39 bits per heavy atom. The molecule has 0 aliphatic carbocycles. The molecule has 0 saturated carbocycles. The van der Waals surface area contributed by atoms with Crippen LogP contribution in [0.15, 0.2) is 29.0 Å². The normalized spacial score (nSPS) is 11.2. The summed E-state index contributed by atoms with van der Waals surface area (Å²) in [6.45, 7) is 2.55. The van der Waals surface area contributed by atoms with E-state index >= 15 is 0 Å². The van der Waals surface area contributed by atoms with Gasteiger partial charge in [-0.1, -0.05) is 5.16 Å². The second-order valence-electron chi connectivity index (χ2n) is 4.17. The van der Waals surface area contributed by atoms with Gasteiger partial charge in [-0.3, -0.25) is 0 Å². The van der Waals surface area contributed by atoms with Gasteiger partial charge in [-0.25, -0.2) is 4.98 Å². The van der Waals surface area contributed by atoms with Crippen LogP contribution >= 0.6 is 0 Å². The first-order valence-electron chi connectivity index (χ1n) is 5.72. The molecule has 0 amide bonds. The number of imidazole rings is 1. The highest BCUT2D eigenvalue weighted by atomic mass is 16.5. The number of benzene rings is 1. The van der Waals surface area contributed by atoms with Crippen LogP contribution in [0.3, 0.4) is 0 Å². The third kappa shape index (κ3) is 1.92. The van der Waals surface area contributed by atoms with E-state index in [1.165, 1.54) is 0 Å². The van der Waals surface area contributed by atoms with Crippen molar-refractivity contribution in [1.29, 1.82) is 0 Å². The number of anilines is 1. The standard InChI is InChI=1S/C12H13N5O/c1-8-15-12(16-18-8)4-5-17-7-14-10-6-9(13)2-3-11(10)17/h2-3,6-7H,4-5,13H2,1H3. The number of aryl methyl sites for hydroxylation is 3. The van der Waals surface area contributed by atoms with Gasteiger partial charge in [-0.05, 0) is 18.2 Å². The van der Waals surface area contributed by atoms with Crippen molar-refractivity contribution >= 4 is 16.7 Å². The maximum atomic E-state index is 5.72. The molecular weight excluding hydrogens is 230 g/mol. The zero-order chi connectivity index (χ0) is 12.5. The van der Waals surface area contributed by atoms with Crippen LogP contribution in [0.1, 0.15) is 11.7 Å². The second-order valence-corrected chi connectivity index (χ2v) is 4.17. The summed E-state index contributed by atoms with van der Waals surface area (Å²) in [5, 5.41) is 3.87. The minimum atomic E-state index is 0.591. The van der Waals surface area contributed by atoms with E-state index in [1.807, 2.05) is 18.2 Å². The Kier molecular flexibility index (Phi) is 2.47. The van der Waals surface area contributed by atoms with Crippen LogP contribution in [0.4, 0.5) is 5.69 Å². The topological polar surface area (TPSA) is 82.8 Å². The number of hydrogen-bond acceptors (Lipinski definition) is 5. The van der Waals surface area contributed by atoms with Crippen LogP contribution in [0.2, 0.25) is 0 Å². The van der Waals surface area contributed by atoms with E-state index in [0.29, 0.717) is 18.1 Å². The monoisotopic (exact) mass is 243 g/mol. The van der Waals surface area contributed by atoms with Crippen LogP contribution < -0.4 is 5.73 Å². The summed E-state index contributed by atoms with van der Waals surface area (Å²) >= 11 is 0. The molecule has 0 saturated heterocycles. The number of nitrogens with two attached hydrogens (primary N) is 1. The molecule has 6 heteroatoms. The highest BCUT2D eigenvalue weighted by Crippen LogP contribution is 2.16. The Balaban J connectivity index is 1.82. The summed E-state index contributed by atoms with van der Waals surface area (Å²) in [5.74, 6) is 1.30. The average molecular weight is 243 g/mol. The van der Waals surface area contributed by atoms with E-state index in [4.69, 9.17) is 10.3 Å². The summed E-state index contributed by atoms with van der Waals surface area (Å²) in [6.07, 6.45) is 2.52. The van der Waals surface area contributed by atoms with E-state index in [0.717, 1.165) is 23.3 Å². The van der Waals surface area contributed by atoms with Crippen molar-refractivity contribution in [2.45, 2.75) is 19.9 Å². The summed E-state index contributed by atoms with van der Waals surface area (Å²) < 4.78 is 6.99. The Morgan fingerprint density at radius 3 is 3.06 bits per heavy atom. The van der Waals surface area contributed by atoms with Gasteiger partial charge in [-0.2, -0.15) is 4.98 Å². The Morgan fingerprint density at radius 2 is 2.28 bits per heavy atom. The van der Waals surface area contributed by atoms with Crippen LogP contribution in [-0.2, 0) is 13.0 Å². The van der Waals surface area contributed by atoms with Gasteiger partial charge in [0.2, 0.25) is 5.89 Å². The minimum absolute atomic E-state index is 0.591. The molecule has 2 aromatic heterocycles. The predicted molar refractivity (Wildman–Crippen MR) is 66.9 cm³/mol. The summed E-state index contributed by atoms with van der Waals surface area (Å²) in [5.41, 5.74) is 8.40. The van der Waals surface area contributed by atoms with E-state index in [-0.39, 0.29) is 0 Å². The first-order chi connectivity index (χ1) is 8.72. The number of rotatable bonds is 3. The Labute approximate surface area is 103 Å². The Hall–Kier alpha value is -2.37. The van der Waals surface area contributed by atoms with Crippen molar-refractivity contribution in [2.75, 3.05) is 5.73 Å². The highest BCUT2D eigenvalue weighted by Gasteiger charge is 2.06. The average Bonchev–Trinajstić information content (AvgIpc) is 2.92. The van der Waals surface area contributed by atoms with Gasteiger partial charge in [0, 0.05) is 25.6 Å². The molecule has 0 fully saturated rings. The third-order valence-electron chi connectivity index (χ3n) is 2.79. The van der Waals surface area contributed by atoms with Crippen molar-refractivity contribution in [1.82, 2.24) is 19.7 Å². The molecule has 2 N–H and O–H groups in total. The van der Waals surface area contributed by atoms with Crippen molar-refractivity contribution < 1.29 is 4.52 Å². The molecule has 0 radical (unpaired) electrons. The molecule has 0 atom stereocenters. The minimum Gasteiger partial charge on any atom is -0.399 e. The molecular formula is C12H13N5O. The SMILES string of the molecule is Cc1nc(CCn2cnc3cc(N)ccc32)no1. The third-order valence-corrected chi connectivity index (χ3v) is 2.79. The lowest BCUT2D eigenvalue weighted by atomic mass is 10.3. The van der Waals surface area contributed by atoms with Gasteiger partial charge in [0.25, 0.3) is 0 Å². The fourth-order valence-corrected chi connectivity index (χ4v) is 1.92. The van der Waals surface area contributed by atoms with E-state index in [9.17, 15) is 0 Å². The van der Waals surface area contributed by atoms with Gasteiger partial charge < -0.3 is 14.8 Å². The molecule has 0 unspecified atom stereocenters. The first kappa shape index (κ1) is 10.8. The summed E-state index contributed by atoms with van der Waals surface area (Å²) in [4.78, 5) is 8.49. The number of aromatic nitrogens is 4.